The highest BCUT2D eigenvalue weighted by atomic mass is 32.2. The van der Waals surface area contributed by atoms with E-state index in [9.17, 15) is 18.0 Å². The lowest BCUT2D eigenvalue weighted by atomic mass is 9.89. The van der Waals surface area contributed by atoms with E-state index >= 15 is 0 Å². The van der Waals surface area contributed by atoms with E-state index in [2.05, 4.69) is 5.10 Å². The van der Waals surface area contributed by atoms with Crippen LogP contribution in [-0.4, -0.2) is 36.8 Å². The smallest absolute Gasteiger partial charge is 0.277 e. The number of sulfone groups is 1. The van der Waals surface area contributed by atoms with Gasteiger partial charge in [-0.1, -0.05) is 6.92 Å². The molecule has 140 valence electrons. The average Bonchev–Trinajstić information content (AvgIpc) is 2.95. The highest BCUT2D eigenvalue weighted by Gasteiger charge is 2.38. The van der Waals surface area contributed by atoms with E-state index in [1.165, 1.54) is 30.1 Å². The number of fused-ring (bicyclic) bond motifs is 1. The Kier molecular flexibility index (Phi) is 4.66. The Morgan fingerprint density at radius 3 is 2.62 bits per heavy atom. The molecule has 0 saturated heterocycles. The first kappa shape index (κ1) is 18.6. The molecule has 0 bridgehead atoms. The van der Waals surface area contributed by atoms with Crippen molar-refractivity contribution in [3.8, 4) is 0 Å². The van der Waals surface area contributed by atoms with Gasteiger partial charge in [0.05, 0.1) is 16.8 Å². The number of methoxy groups -OCH3 is 1. The minimum atomic E-state index is -3.44. The van der Waals surface area contributed by atoms with Crippen molar-refractivity contribution in [2.24, 2.45) is 5.92 Å². The van der Waals surface area contributed by atoms with Crippen LogP contribution in [0.4, 0.5) is 0 Å². The van der Waals surface area contributed by atoms with Gasteiger partial charge in [0, 0.05) is 36.9 Å². The van der Waals surface area contributed by atoms with E-state index < -0.39 is 21.7 Å². The molecule has 2 atom stereocenters. The molecule has 0 saturated carbocycles. The molecular weight excluding hydrogens is 356 g/mol. The molecule has 2 heterocycles. The second-order valence-corrected chi connectivity index (χ2v) is 8.63. The number of aryl methyl sites for hydroxylation is 1. The topological polar surface area (TPSA) is 98.2 Å². The molecule has 7 nitrogen and oxygen atoms in total. The van der Waals surface area contributed by atoms with E-state index in [0.29, 0.717) is 23.2 Å². The summed E-state index contributed by atoms with van der Waals surface area (Å²) >= 11 is 0. The Hall–Kier alpha value is -2.19. The predicted molar refractivity (Wildman–Crippen MR) is 96.3 cm³/mol. The summed E-state index contributed by atoms with van der Waals surface area (Å²) in [7, 11) is -1.90. The maximum atomic E-state index is 12.9. The fraction of sp³-hybridized carbons (Fsp3) is 0.444. The van der Waals surface area contributed by atoms with Crippen LogP contribution in [0.1, 0.15) is 47.0 Å². The number of rotatable bonds is 4. The number of ether oxygens (including phenoxy) is 1. The zero-order chi connectivity index (χ0) is 19.2. The number of ketones is 1. The Bertz CT molecular complexity index is 1030. The number of aromatic amines is 1. The molecule has 8 heteroatoms. The normalized spacial score (nSPS) is 21.4. The molecule has 0 spiro atoms. The zero-order valence-electron chi connectivity index (χ0n) is 15.2. The van der Waals surface area contributed by atoms with Crippen LogP contribution in [0, 0.1) is 12.8 Å². The standard InChI is InChI=1S/C18H22N2O5S/c1-5-20-18(22)13(8-19-20)16(21)12-6-7-14-15(11(12)3)17(25-4)10(2)9-26(14,23)24/h6-8,10,17,19H,5,9H2,1-4H3. The summed E-state index contributed by atoms with van der Waals surface area (Å²) in [6.07, 6.45) is 0.972. The van der Waals surface area contributed by atoms with Crippen molar-refractivity contribution in [1.82, 2.24) is 9.78 Å². The summed E-state index contributed by atoms with van der Waals surface area (Å²) < 4.78 is 32.0. The van der Waals surface area contributed by atoms with Crippen LogP contribution in [0.2, 0.25) is 0 Å². The summed E-state index contributed by atoms with van der Waals surface area (Å²) in [6.45, 7) is 5.74. The molecule has 0 amide bonds. The van der Waals surface area contributed by atoms with Crippen molar-refractivity contribution in [3.63, 3.8) is 0 Å². The van der Waals surface area contributed by atoms with Crippen molar-refractivity contribution in [2.75, 3.05) is 12.9 Å². The lowest BCUT2D eigenvalue weighted by Crippen LogP contribution is -2.30. The lowest BCUT2D eigenvalue weighted by molar-refractivity contribution is 0.0603. The van der Waals surface area contributed by atoms with Crippen molar-refractivity contribution < 1.29 is 17.9 Å². The van der Waals surface area contributed by atoms with Gasteiger partial charge in [-0.15, -0.1) is 0 Å². The monoisotopic (exact) mass is 378 g/mol. The minimum absolute atomic E-state index is 0.00422. The lowest BCUT2D eigenvalue weighted by Gasteiger charge is -2.32. The number of carbonyl (C=O) groups excluding carboxylic acids is 1. The van der Waals surface area contributed by atoms with Crippen LogP contribution < -0.4 is 5.56 Å². The molecule has 1 aliphatic rings. The van der Waals surface area contributed by atoms with Crippen LogP contribution in [-0.2, 0) is 21.1 Å². The number of hydrogen-bond acceptors (Lipinski definition) is 5. The number of carbonyl (C=O) groups is 1. The summed E-state index contributed by atoms with van der Waals surface area (Å²) in [5, 5.41) is 2.76. The highest BCUT2D eigenvalue weighted by molar-refractivity contribution is 7.91. The van der Waals surface area contributed by atoms with Crippen molar-refractivity contribution >= 4 is 15.6 Å². The molecule has 1 aromatic carbocycles. The maximum absolute atomic E-state index is 12.9. The Morgan fingerprint density at radius 1 is 1.35 bits per heavy atom. The van der Waals surface area contributed by atoms with Gasteiger partial charge in [-0.2, -0.15) is 0 Å². The third-order valence-corrected chi connectivity index (χ3v) is 6.98. The number of nitrogens with zero attached hydrogens (tertiary/aromatic N) is 1. The van der Waals surface area contributed by atoms with Crippen LogP contribution >= 0.6 is 0 Å². The van der Waals surface area contributed by atoms with Gasteiger partial charge in [-0.25, -0.2) is 8.42 Å². The van der Waals surface area contributed by atoms with Gasteiger partial charge in [0.15, 0.2) is 15.6 Å². The summed E-state index contributed by atoms with van der Waals surface area (Å²) in [5.41, 5.74) is 1.02. The summed E-state index contributed by atoms with van der Waals surface area (Å²) in [6, 6.07) is 2.94. The second kappa shape index (κ2) is 6.51. The zero-order valence-corrected chi connectivity index (χ0v) is 16.0. The molecule has 26 heavy (non-hydrogen) atoms. The highest BCUT2D eigenvalue weighted by Crippen LogP contribution is 2.40. The van der Waals surface area contributed by atoms with Gasteiger partial charge in [0.2, 0.25) is 0 Å². The number of hydrogen-bond donors (Lipinski definition) is 1. The average molecular weight is 378 g/mol. The molecule has 3 rings (SSSR count). The van der Waals surface area contributed by atoms with Gasteiger partial charge in [-0.05, 0) is 31.5 Å². The SMILES string of the molecule is CCn1[nH]cc(C(=O)c2ccc3c(c2C)C(OC)C(C)CS3(=O)=O)c1=O. The van der Waals surface area contributed by atoms with E-state index in [0.717, 1.165) is 0 Å². The van der Waals surface area contributed by atoms with Crippen LogP contribution in [0.5, 0.6) is 0 Å². The number of H-pyrrole nitrogens is 1. The van der Waals surface area contributed by atoms with Crippen molar-refractivity contribution in [3.05, 3.63) is 50.9 Å². The van der Waals surface area contributed by atoms with Gasteiger partial charge in [-0.3, -0.25) is 14.3 Å². The maximum Gasteiger partial charge on any atom is 0.277 e. The number of nitrogens with one attached hydrogen (secondary N) is 1. The number of benzene rings is 1. The predicted octanol–water partition coefficient (Wildman–Crippen LogP) is 1.85. The van der Waals surface area contributed by atoms with Crippen LogP contribution in [0.15, 0.2) is 28.0 Å². The molecule has 0 fully saturated rings. The minimum Gasteiger partial charge on any atom is -0.376 e. The third-order valence-electron chi connectivity index (χ3n) is 4.99. The Morgan fingerprint density at radius 2 is 2.04 bits per heavy atom. The van der Waals surface area contributed by atoms with Crippen molar-refractivity contribution in [2.45, 2.75) is 38.3 Å². The van der Waals surface area contributed by atoms with Gasteiger partial charge < -0.3 is 9.84 Å². The van der Waals surface area contributed by atoms with Gasteiger partial charge >= 0.3 is 0 Å². The van der Waals surface area contributed by atoms with Gasteiger partial charge in [0.1, 0.15) is 5.56 Å². The first-order valence-corrected chi connectivity index (χ1v) is 10.1. The van der Waals surface area contributed by atoms with E-state index in [-0.39, 0.29) is 27.7 Å². The summed E-state index contributed by atoms with van der Waals surface area (Å²) in [5.74, 6) is -0.653. The van der Waals surface area contributed by atoms with E-state index in [1.807, 2.05) is 6.92 Å². The van der Waals surface area contributed by atoms with E-state index in [1.54, 1.807) is 13.8 Å². The molecular formula is C18H22N2O5S. The van der Waals surface area contributed by atoms with Crippen LogP contribution in [0.3, 0.4) is 0 Å². The van der Waals surface area contributed by atoms with E-state index in [4.69, 9.17) is 4.74 Å². The molecule has 1 aliphatic heterocycles. The van der Waals surface area contributed by atoms with Crippen LogP contribution in [0.25, 0.3) is 0 Å². The quantitative estimate of drug-likeness (QED) is 0.819. The first-order valence-electron chi connectivity index (χ1n) is 8.44. The number of aromatic nitrogens is 2. The fourth-order valence-electron chi connectivity index (χ4n) is 3.68. The Balaban J connectivity index is 2.20. The summed E-state index contributed by atoms with van der Waals surface area (Å²) in [4.78, 5) is 25.4. The molecule has 2 aromatic rings. The largest absolute Gasteiger partial charge is 0.376 e. The fourth-order valence-corrected chi connectivity index (χ4v) is 5.61. The molecule has 2 unspecified atom stereocenters. The molecule has 0 radical (unpaired) electrons. The Labute approximate surface area is 151 Å². The van der Waals surface area contributed by atoms with Crippen molar-refractivity contribution in [1.29, 1.82) is 0 Å². The van der Waals surface area contributed by atoms with Gasteiger partial charge in [0.25, 0.3) is 5.56 Å². The second-order valence-electron chi connectivity index (χ2n) is 6.63. The molecule has 0 aliphatic carbocycles. The first-order chi connectivity index (χ1) is 12.2. The molecule has 1 aromatic heterocycles. The molecule has 1 N–H and O–H groups in total. The third kappa shape index (κ3) is 2.73.